The van der Waals surface area contributed by atoms with Crippen LogP contribution in [0.4, 0.5) is 0 Å². The summed E-state index contributed by atoms with van der Waals surface area (Å²) in [5.74, 6) is -0.614. The molecule has 1 aliphatic heterocycles. The summed E-state index contributed by atoms with van der Waals surface area (Å²) in [6.45, 7) is -0.0392. The van der Waals surface area contributed by atoms with Crippen LogP contribution in [0.3, 0.4) is 0 Å². The summed E-state index contributed by atoms with van der Waals surface area (Å²) in [6.07, 6.45) is 0. The van der Waals surface area contributed by atoms with E-state index in [1.165, 1.54) is 0 Å². The van der Waals surface area contributed by atoms with Crippen molar-refractivity contribution in [2.75, 3.05) is 6.79 Å². The molecule has 0 saturated heterocycles. The standard InChI is InChI=1S/C12H8N2O4/c15-12(16)8-9-11(18-6-17-9)14-10(13-8)7-4-2-1-3-5-7/h1-5H,6H2,(H,15,16). The molecular weight excluding hydrogens is 236 g/mol. The normalized spacial score (nSPS) is 12.4. The van der Waals surface area contributed by atoms with Gasteiger partial charge in [-0.25, -0.2) is 9.78 Å². The molecule has 1 aliphatic rings. The largest absolute Gasteiger partial charge is 0.476 e. The average Bonchev–Trinajstić information content (AvgIpc) is 2.86. The lowest BCUT2D eigenvalue weighted by molar-refractivity contribution is 0.0685. The number of hydrogen-bond donors (Lipinski definition) is 1. The van der Waals surface area contributed by atoms with Gasteiger partial charge in [0, 0.05) is 5.56 Å². The number of ether oxygens (including phenoxy) is 2. The minimum Gasteiger partial charge on any atom is -0.476 e. The maximum Gasteiger partial charge on any atom is 0.358 e. The van der Waals surface area contributed by atoms with Gasteiger partial charge in [-0.2, -0.15) is 4.98 Å². The molecule has 0 aliphatic carbocycles. The predicted molar refractivity (Wildman–Crippen MR) is 60.6 cm³/mol. The van der Waals surface area contributed by atoms with Crippen LogP contribution in [-0.4, -0.2) is 27.8 Å². The Morgan fingerprint density at radius 1 is 1.17 bits per heavy atom. The molecular formula is C12H8N2O4. The first-order valence-corrected chi connectivity index (χ1v) is 5.22. The maximum atomic E-state index is 11.1. The number of carboxylic acid groups (broad SMARTS) is 1. The highest BCUT2D eigenvalue weighted by Gasteiger charge is 2.26. The minimum atomic E-state index is -1.17. The number of fused-ring (bicyclic) bond motifs is 1. The van der Waals surface area contributed by atoms with E-state index < -0.39 is 5.97 Å². The molecule has 0 unspecified atom stereocenters. The Morgan fingerprint density at radius 3 is 2.67 bits per heavy atom. The lowest BCUT2D eigenvalue weighted by Gasteiger charge is -2.04. The zero-order chi connectivity index (χ0) is 12.5. The molecule has 0 fully saturated rings. The molecule has 2 aromatic rings. The number of nitrogens with zero attached hydrogens (tertiary/aromatic N) is 2. The van der Waals surface area contributed by atoms with Gasteiger partial charge in [0.15, 0.2) is 11.5 Å². The summed E-state index contributed by atoms with van der Waals surface area (Å²) in [6, 6.07) is 9.09. The van der Waals surface area contributed by atoms with Crippen LogP contribution in [0, 0.1) is 0 Å². The molecule has 0 amide bonds. The Bertz CT molecular complexity index is 613. The van der Waals surface area contributed by atoms with Crippen molar-refractivity contribution in [1.29, 1.82) is 0 Å². The van der Waals surface area contributed by atoms with Crippen LogP contribution in [0.25, 0.3) is 11.4 Å². The topological polar surface area (TPSA) is 81.5 Å². The Hall–Kier alpha value is -2.63. The van der Waals surface area contributed by atoms with Crippen molar-refractivity contribution in [3.63, 3.8) is 0 Å². The number of carbonyl (C=O) groups is 1. The highest BCUT2D eigenvalue weighted by atomic mass is 16.7. The average molecular weight is 244 g/mol. The van der Waals surface area contributed by atoms with Gasteiger partial charge in [-0.05, 0) is 0 Å². The van der Waals surface area contributed by atoms with E-state index in [4.69, 9.17) is 14.6 Å². The van der Waals surface area contributed by atoms with E-state index in [1.807, 2.05) is 18.2 Å². The van der Waals surface area contributed by atoms with Crippen molar-refractivity contribution < 1.29 is 19.4 Å². The summed E-state index contributed by atoms with van der Waals surface area (Å²) < 4.78 is 10.2. The summed E-state index contributed by atoms with van der Waals surface area (Å²) in [5.41, 5.74) is 0.537. The first kappa shape index (κ1) is 10.5. The fourth-order valence-electron chi connectivity index (χ4n) is 1.66. The number of aromatic carboxylic acids is 1. The minimum absolute atomic E-state index is 0.0392. The van der Waals surface area contributed by atoms with Gasteiger partial charge in [-0.15, -0.1) is 0 Å². The van der Waals surface area contributed by atoms with Gasteiger partial charge in [0.1, 0.15) is 0 Å². The third kappa shape index (κ3) is 1.64. The highest BCUT2D eigenvalue weighted by molar-refractivity contribution is 5.90. The summed E-state index contributed by atoms with van der Waals surface area (Å²) >= 11 is 0. The molecule has 90 valence electrons. The van der Waals surface area contributed by atoms with E-state index in [2.05, 4.69) is 9.97 Å². The van der Waals surface area contributed by atoms with Crippen molar-refractivity contribution in [2.45, 2.75) is 0 Å². The number of carboxylic acids is 1. The van der Waals surface area contributed by atoms with E-state index in [-0.39, 0.29) is 24.1 Å². The van der Waals surface area contributed by atoms with Crippen molar-refractivity contribution in [1.82, 2.24) is 9.97 Å². The van der Waals surface area contributed by atoms with Crippen molar-refractivity contribution in [2.24, 2.45) is 0 Å². The zero-order valence-corrected chi connectivity index (χ0v) is 9.16. The number of aromatic nitrogens is 2. The van der Waals surface area contributed by atoms with E-state index in [0.717, 1.165) is 5.56 Å². The van der Waals surface area contributed by atoms with Crippen molar-refractivity contribution in [3.05, 3.63) is 36.0 Å². The zero-order valence-electron chi connectivity index (χ0n) is 9.16. The lowest BCUT2D eigenvalue weighted by Crippen LogP contribution is -2.04. The Balaban J connectivity index is 2.18. The van der Waals surface area contributed by atoms with Gasteiger partial charge < -0.3 is 14.6 Å². The second kappa shape index (κ2) is 3.99. The molecule has 18 heavy (non-hydrogen) atoms. The predicted octanol–water partition coefficient (Wildman–Crippen LogP) is 1.57. The van der Waals surface area contributed by atoms with Crippen LogP contribution in [0.5, 0.6) is 11.6 Å². The SMILES string of the molecule is O=C(O)c1nc(-c2ccccc2)nc2c1OCO2. The van der Waals surface area contributed by atoms with Crippen LogP contribution in [-0.2, 0) is 0 Å². The number of benzene rings is 1. The van der Waals surface area contributed by atoms with Gasteiger partial charge in [0.25, 0.3) is 5.88 Å². The molecule has 1 N–H and O–H groups in total. The van der Waals surface area contributed by atoms with E-state index >= 15 is 0 Å². The molecule has 1 aromatic heterocycles. The fraction of sp³-hybridized carbons (Fsp3) is 0.0833. The van der Waals surface area contributed by atoms with Crippen molar-refractivity contribution >= 4 is 5.97 Å². The van der Waals surface area contributed by atoms with Crippen LogP contribution >= 0.6 is 0 Å². The van der Waals surface area contributed by atoms with E-state index in [9.17, 15) is 4.79 Å². The van der Waals surface area contributed by atoms with Crippen molar-refractivity contribution in [3.8, 4) is 23.0 Å². The monoisotopic (exact) mass is 244 g/mol. The smallest absolute Gasteiger partial charge is 0.358 e. The molecule has 2 heterocycles. The van der Waals surface area contributed by atoms with Gasteiger partial charge >= 0.3 is 5.97 Å². The van der Waals surface area contributed by atoms with Gasteiger partial charge in [0.2, 0.25) is 12.5 Å². The van der Waals surface area contributed by atoms with Gasteiger partial charge in [-0.1, -0.05) is 30.3 Å². The molecule has 1 aromatic carbocycles. The van der Waals surface area contributed by atoms with Gasteiger partial charge in [-0.3, -0.25) is 0 Å². The third-order valence-corrected chi connectivity index (χ3v) is 2.47. The number of hydrogen-bond acceptors (Lipinski definition) is 5. The lowest BCUT2D eigenvalue weighted by atomic mass is 10.2. The van der Waals surface area contributed by atoms with E-state index in [0.29, 0.717) is 5.82 Å². The van der Waals surface area contributed by atoms with Crippen LogP contribution < -0.4 is 9.47 Å². The second-order valence-electron chi connectivity index (χ2n) is 3.61. The molecule has 0 saturated carbocycles. The van der Waals surface area contributed by atoms with Crippen LogP contribution in [0.15, 0.2) is 30.3 Å². The van der Waals surface area contributed by atoms with Gasteiger partial charge in [0.05, 0.1) is 0 Å². The van der Waals surface area contributed by atoms with Crippen LogP contribution in [0.1, 0.15) is 10.5 Å². The molecule has 0 radical (unpaired) electrons. The first-order chi connectivity index (χ1) is 8.75. The first-order valence-electron chi connectivity index (χ1n) is 5.22. The maximum absolute atomic E-state index is 11.1. The number of rotatable bonds is 2. The quantitative estimate of drug-likeness (QED) is 0.863. The van der Waals surface area contributed by atoms with Crippen LogP contribution in [0.2, 0.25) is 0 Å². The van der Waals surface area contributed by atoms with E-state index in [1.54, 1.807) is 12.1 Å². The fourth-order valence-corrected chi connectivity index (χ4v) is 1.66. The molecule has 0 spiro atoms. The molecule has 0 bridgehead atoms. The Morgan fingerprint density at radius 2 is 1.94 bits per heavy atom. The molecule has 6 heteroatoms. The third-order valence-electron chi connectivity index (χ3n) is 2.47. The Kier molecular flexibility index (Phi) is 2.33. The second-order valence-corrected chi connectivity index (χ2v) is 3.61. The summed E-state index contributed by atoms with van der Waals surface area (Å²) in [4.78, 5) is 19.3. The molecule has 0 atom stereocenters. The highest BCUT2D eigenvalue weighted by Crippen LogP contribution is 2.34. The molecule has 6 nitrogen and oxygen atoms in total. The summed E-state index contributed by atoms with van der Waals surface area (Å²) in [7, 11) is 0. The summed E-state index contributed by atoms with van der Waals surface area (Å²) in [5, 5.41) is 9.09. The Labute approximate surface area is 102 Å². The molecule has 3 rings (SSSR count).